The van der Waals surface area contributed by atoms with Gasteiger partial charge in [0.05, 0.1) is 20.3 Å². The number of anilines is 1. The van der Waals surface area contributed by atoms with Crippen molar-refractivity contribution in [2.24, 2.45) is 0 Å². The second-order valence-electron chi connectivity index (χ2n) is 4.24. The molecule has 1 atom stereocenters. The largest absolute Gasteiger partial charge is 0.497 e. The summed E-state index contributed by atoms with van der Waals surface area (Å²) in [5.41, 5.74) is 0.792. The standard InChI is InChI=1S/C13H16N2O4/c1-18-11-5-3-10(4-6-11)15-8-9(7-12(15)16)14-13(17)19-2/h3-6,9H,7-8H2,1-2H3,(H,14,17). The third-order valence-corrected chi connectivity index (χ3v) is 3.02. The molecule has 1 aliphatic rings. The maximum atomic E-state index is 11.9. The quantitative estimate of drug-likeness (QED) is 0.889. The second-order valence-corrected chi connectivity index (χ2v) is 4.24. The summed E-state index contributed by atoms with van der Waals surface area (Å²) in [6.45, 7) is 0.445. The fourth-order valence-electron chi connectivity index (χ4n) is 2.04. The third-order valence-electron chi connectivity index (χ3n) is 3.02. The highest BCUT2D eigenvalue weighted by Gasteiger charge is 2.31. The molecule has 0 saturated carbocycles. The van der Waals surface area contributed by atoms with Gasteiger partial charge >= 0.3 is 6.09 Å². The number of hydrogen-bond donors (Lipinski definition) is 1. The van der Waals surface area contributed by atoms with Crippen molar-refractivity contribution in [3.8, 4) is 5.75 Å². The Bertz CT molecular complexity index is 472. The van der Waals surface area contributed by atoms with Crippen LogP contribution in [0.2, 0.25) is 0 Å². The lowest BCUT2D eigenvalue weighted by atomic mass is 10.2. The van der Waals surface area contributed by atoms with Crippen LogP contribution in [-0.4, -0.2) is 38.8 Å². The van der Waals surface area contributed by atoms with Crippen molar-refractivity contribution in [3.05, 3.63) is 24.3 Å². The molecule has 1 N–H and O–H groups in total. The van der Waals surface area contributed by atoms with E-state index in [1.165, 1.54) is 7.11 Å². The zero-order valence-corrected chi connectivity index (χ0v) is 10.9. The highest BCUT2D eigenvalue weighted by Crippen LogP contribution is 2.24. The molecule has 0 aliphatic carbocycles. The van der Waals surface area contributed by atoms with Crippen molar-refractivity contribution in [2.45, 2.75) is 12.5 Å². The smallest absolute Gasteiger partial charge is 0.407 e. The van der Waals surface area contributed by atoms with Crippen LogP contribution >= 0.6 is 0 Å². The topological polar surface area (TPSA) is 67.9 Å². The molecule has 6 heteroatoms. The van der Waals surface area contributed by atoms with Gasteiger partial charge in [-0.25, -0.2) is 4.79 Å². The van der Waals surface area contributed by atoms with Gasteiger partial charge in [-0.2, -0.15) is 0 Å². The van der Waals surface area contributed by atoms with E-state index in [2.05, 4.69) is 10.1 Å². The lowest BCUT2D eigenvalue weighted by Crippen LogP contribution is -2.37. The lowest BCUT2D eigenvalue weighted by Gasteiger charge is -2.17. The summed E-state index contributed by atoms with van der Waals surface area (Å²) in [4.78, 5) is 24.7. The Labute approximate surface area is 111 Å². The highest BCUT2D eigenvalue weighted by atomic mass is 16.5. The molecule has 1 aromatic carbocycles. The number of benzene rings is 1. The van der Waals surface area contributed by atoms with Gasteiger partial charge in [0.2, 0.25) is 5.91 Å². The number of carbonyl (C=O) groups is 2. The Balaban J connectivity index is 2.04. The summed E-state index contributed by atoms with van der Waals surface area (Å²) in [7, 11) is 2.89. The molecule has 1 aromatic rings. The number of rotatable bonds is 3. The second kappa shape index (κ2) is 5.60. The van der Waals surface area contributed by atoms with Crippen molar-refractivity contribution in [3.63, 3.8) is 0 Å². The van der Waals surface area contributed by atoms with E-state index in [1.807, 2.05) is 12.1 Å². The minimum atomic E-state index is -0.519. The van der Waals surface area contributed by atoms with E-state index in [9.17, 15) is 9.59 Å². The summed E-state index contributed by atoms with van der Waals surface area (Å²) in [5.74, 6) is 0.714. The molecule has 0 aromatic heterocycles. The fraction of sp³-hybridized carbons (Fsp3) is 0.385. The van der Waals surface area contributed by atoms with Gasteiger partial charge in [0.25, 0.3) is 0 Å². The number of nitrogens with zero attached hydrogens (tertiary/aromatic N) is 1. The van der Waals surface area contributed by atoms with Gasteiger partial charge in [-0.15, -0.1) is 0 Å². The average molecular weight is 264 g/mol. The van der Waals surface area contributed by atoms with Crippen LogP contribution in [0.15, 0.2) is 24.3 Å². The maximum absolute atomic E-state index is 11.9. The molecular formula is C13H16N2O4. The molecule has 0 bridgehead atoms. The molecule has 2 rings (SSSR count). The summed E-state index contributed by atoms with van der Waals surface area (Å²) < 4.78 is 9.59. The minimum Gasteiger partial charge on any atom is -0.497 e. The first-order valence-electron chi connectivity index (χ1n) is 5.93. The molecular weight excluding hydrogens is 248 g/mol. The number of ether oxygens (including phenoxy) is 2. The van der Waals surface area contributed by atoms with Crippen LogP contribution in [0, 0.1) is 0 Å². The minimum absolute atomic E-state index is 0.0217. The van der Waals surface area contributed by atoms with E-state index in [0.717, 1.165) is 11.4 Å². The van der Waals surface area contributed by atoms with Crippen LogP contribution in [0.1, 0.15) is 6.42 Å². The Morgan fingerprint density at radius 3 is 2.58 bits per heavy atom. The first-order valence-corrected chi connectivity index (χ1v) is 5.93. The van der Waals surface area contributed by atoms with E-state index in [-0.39, 0.29) is 18.4 Å². The lowest BCUT2D eigenvalue weighted by molar-refractivity contribution is -0.117. The first kappa shape index (κ1) is 13.2. The SMILES string of the molecule is COC(=O)NC1CC(=O)N(c2ccc(OC)cc2)C1. The predicted molar refractivity (Wildman–Crippen MR) is 69.3 cm³/mol. The van der Waals surface area contributed by atoms with Crippen molar-refractivity contribution in [2.75, 3.05) is 25.7 Å². The van der Waals surface area contributed by atoms with Crippen LogP contribution < -0.4 is 15.0 Å². The predicted octanol–water partition coefficient (Wildman–Crippen LogP) is 1.16. The van der Waals surface area contributed by atoms with Gasteiger partial charge in [0, 0.05) is 18.7 Å². The fourth-order valence-corrected chi connectivity index (χ4v) is 2.04. The van der Waals surface area contributed by atoms with E-state index in [0.29, 0.717) is 6.54 Å². The molecule has 1 fully saturated rings. The van der Waals surface area contributed by atoms with E-state index in [1.54, 1.807) is 24.1 Å². The molecule has 1 unspecified atom stereocenters. The molecule has 1 saturated heterocycles. The van der Waals surface area contributed by atoms with Gasteiger partial charge in [-0.1, -0.05) is 0 Å². The van der Waals surface area contributed by atoms with Gasteiger partial charge in [-0.05, 0) is 24.3 Å². The maximum Gasteiger partial charge on any atom is 0.407 e. The number of carbonyl (C=O) groups excluding carboxylic acids is 2. The number of methoxy groups -OCH3 is 2. The van der Waals surface area contributed by atoms with Crippen LogP contribution in [0.4, 0.5) is 10.5 Å². The zero-order chi connectivity index (χ0) is 13.8. The molecule has 1 heterocycles. The molecule has 6 nitrogen and oxygen atoms in total. The number of amides is 2. The Morgan fingerprint density at radius 1 is 1.32 bits per heavy atom. The third kappa shape index (κ3) is 2.96. The van der Waals surface area contributed by atoms with Crippen molar-refractivity contribution in [1.29, 1.82) is 0 Å². The van der Waals surface area contributed by atoms with E-state index in [4.69, 9.17) is 4.74 Å². The first-order chi connectivity index (χ1) is 9.13. The zero-order valence-electron chi connectivity index (χ0n) is 10.9. The van der Waals surface area contributed by atoms with E-state index >= 15 is 0 Å². The molecule has 19 heavy (non-hydrogen) atoms. The normalized spacial score (nSPS) is 18.3. The number of nitrogens with one attached hydrogen (secondary N) is 1. The number of hydrogen-bond acceptors (Lipinski definition) is 4. The molecule has 0 spiro atoms. The van der Waals surface area contributed by atoms with Crippen LogP contribution in [0.5, 0.6) is 5.75 Å². The van der Waals surface area contributed by atoms with Crippen molar-refractivity contribution in [1.82, 2.24) is 5.32 Å². The van der Waals surface area contributed by atoms with Gasteiger partial charge < -0.3 is 19.7 Å². The summed E-state index contributed by atoms with van der Waals surface area (Å²) in [6.07, 6.45) is -0.240. The van der Waals surface area contributed by atoms with Gasteiger partial charge in [-0.3, -0.25) is 4.79 Å². The molecule has 1 aliphatic heterocycles. The van der Waals surface area contributed by atoms with Crippen LogP contribution in [0.3, 0.4) is 0 Å². The molecule has 102 valence electrons. The highest BCUT2D eigenvalue weighted by molar-refractivity contribution is 5.96. The van der Waals surface area contributed by atoms with Gasteiger partial charge in [0.15, 0.2) is 0 Å². The summed E-state index contributed by atoms with van der Waals surface area (Å²) >= 11 is 0. The summed E-state index contributed by atoms with van der Waals surface area (Å²) in [6, 6.07) is 7.00. The Hall–Kier alpha value is -2.24. The average Bonchev–Trinajstić information content (AvgIpc) is 2.79. The van der Waals surface area contributed by atoms with E-state index < -0.39 is 6.09 Å². The number of alkyl carbamates (subject to hydrolysis) is 1. The van der Waals surface area contributed by atoms with Crippen molar-refractivity contribution >= 4 is 17.7 Å². The molecule has 0 radical (unpaired) electrons. The molecule has 2 amide bonds. The Kier molecular flexibility index (Phi) is 3.89. The van der Waals surface area contributed by atoms with Crippen LogP contribution in [0.25, 0.3) is 0 Å². The van der Waals surface area contributed by atoms with Gasteiger partial charge in [0.1, 0.15) is 5.75 Å². The van der Waals surface area contributed by atoms with Crippen molar-refractivity contribution < 1.29 is 19.1 Å². The van der Waals surface area contributed by atoms with Crippen LogP contribution in [-0.2, 0) is 9.53 Å². The Morgan fingerprint density at radius 2 is 2.00 bits per heavy atom. The monoisotopic (exact) mass is 264 g/mol. The summed E-state index contributed by atoms with van der Waals surface area (Å²) in [5, 5.41) is 2.63.